The Hall–Kier alpha value is -2.59. The van der Waals surface area contributed by atoms with Gasteiger partial charge in [0.15, 0.2) is 6.10 Å². The minimum Gasteiger partial charge on any atom is -0.476 e. The zero-order valence-corrected chi connectivity index (χ0v) is 19.7. The molecule has 2 aliphatic rings. The molecule has 0 unspecified atom stereocenters. The number of amides is 1. The van der Waals surface area contributed by atoms with Crippen molar-refractivity contribution in [3.63, 3.8) is 0 Å². The van der Waals surface area contributed by atoms with Crippen molar-refractivity contribution in [2.45, 2.75) is 45.6 Å². The molecular formula is C22H26N2O6S2. The Morgan fingerprint density at radius 3 is 2.72 bits per heavy atom. The highest BCUT2D eigenvalue weighted by molar-refractivity contribution is 7.92. The molecule has 0 saturated carbocycles. The number of fused-ring (bicyclic) bond motifs is 2. The predicted molar refractivity (Wildman–Crippen MR) is 123 cm³/mol. The zero-order chi connectivity index (χ0) is 22.9. The van der Waals surface area contributed by atoms with Gasteiger partial charge in [-0.15, -0.1) is 11.3 Å². The molecule has 172 valence electrons. The fraction of sp³-hybridized carbons (Fsp3) is 0.455. The molecule has 1 aromatic carbocycles. The van der Waals surface area contributed by atoms with Gasteiger partial charge in [0.2, 0.25) is 10.0 Å². The molecule has 1 aliphatic heterocycles. The number of sulfonamides is 1. The minimum absolute atomic E-state index is 0.0969. The average Bonchev–Trinajstić information content (AvgIpc) is 3.16. The molecule has 1 aromatic heterocycles. The van der Waals surface area contributed by atoms with E-state index in [1.165, 1.54) is 15.6 Å². The number of nitrogens with one attached hydrogen (secondary N) is 1. The Morgan fingerprint density at radius 2 is 1.97 bits per heavy atom. The van der Waals surface area contributed by atoms with Crippen LogP contribution < -0.4 is 14.4 Å². The summed E-state index contributed by atoms with van der Waals surface area (Å²) in [6, 6.07) is 6.74. The summed E-state index contributed by atoms with van der Waals surface area (Å²) >= 11 is 1.38. The van der Waals surface area contributed by atoms with Crippen molar-refractivity contribution in [2.75, 3.05) is 28.5 Å². The van der Waals surface area contributed by atoms with Crippen molar-refractivity contribution in [3.05, 3.63) is 40.3 Å². The van der Waals surface area contributed by atoms with Gasteiger partial charge in [-0.2, -0.15) is 0 Å². The van der Waals surface area contributed by atoms with Crippen LogP contribution in [-0.2, 0) is 32.4 Å². The summed E-state index contributed by atoms with van der Waals surface area (Å²) in [5, 5.41) is 3.27. The Balaban J connectivity index is 1.64. The zero-order valence-electron chi connectivity index (χ0n) is 18.0. The summed E-state index contributed by atoms with van der Waals surface area (Å²) < 4.78 is 37.7. The molecule has 4 rings (SSSR count). The molecule has 0 saturated heterocycles. The number of hydrogen-bond donors (Lipinski definition) is 1. The van der Waals surface area contributed by atoms with E-state index in [0.717, 1.165) is 36.1 Å². The number of anilines is 2. The SMILES string of the molecule is CCOC(=O)c1c(NC(=O)[C@H]2CN(S(=O)(=O)CC)c3ccccc3O2)sc2c1CCCC2. The summed E-state index contributed by atoms with van der Waals surface area (Å²) in [5.74, 6) is -0.723. The summed E-state index contributed by atoms with van der Waals surface area (Å²) in [4.78, 5) is 26.9. The smallest absolute Gasteiger partial charge is 0.341 e. The second-order valence-electron chi connectivity index (χ2n) is 7.63. The van der Waals surface area contributed by atoms with Crippen LogP contribution in [0.25, 0.3) is 0 Å². The number of carbonyl (C=O) groups is 2. The van der Waals surface area contributed by atoms with Gasteiger partial charge < -0.3 is 14.8 Å². The second kappa shape index (κ2) is 9.11. The first kappa shape index (κ1) is 22.6. The van der Waals surface area contributed by atoms with Crippen LogP contribution in [0, 0.1) is 0 Å². The number of benzene rings is 1. The highest BCUT2D eigenvalue weighted by atomic mass is 32.2. The fourth-order valence-electron chi connectivity index (χ4n) is 4.02. The maximum atomic E-state index is 13.2. The largest absolute Gasteiger partial charge is 0.476 e. The summed E-state index contributed by atoms with van der Waals surface area (Å²) in [5.41, 5.74) is 1.77. The second-order valence-corrected chi connectivity index (χ2v) is 10.9. The number of thiophene rings is 1. The molecule has 1 aliphatic carbocycles. The lowest BCUT2D eigenvalue weighted by molar-refractivity contribution is -0.122. The monoisotopic (exact) mass is 478 g/mol. The molecule has 0 radical (unpaired) electrons. The number of ether oxygens (including phenoxy) is 2. The van der Waals surface area contributed by atoms with Gasteiger partial charge in [0.25, 0.3) is 5.91 Å². The van der Waals surface area contributed by atoms with Gasteiger partial charge in [0.05, 0.1) is 30.2 Å². The van der Waals surface area contributed by atoms with Crippen LogP contribution in [0.2, 0.25) is 0 Å². The van der Waals surface area contributed by atoms with Crippen LogP contribution in [-0.4, -0.2) is 45.3 Å². The molecule has 1 atom stereocenters. The van der Waals surface area contributed by atoms with Gasteiger partial charge in [0, 0.05) is 4.88 Å². The molecule has 32 heavy (non-hydrogen) atoms. The van der Waals surface area contributed by atoms with E-state index in [2.05, 4.69) is 5.32 Å². The highest BCUT2D eigenvalue weighted by Crippen LogP contribution is 2.39. The molecule has 2 aromatic rings. The van der Waals surface area contributed by atoms with Crippen LogP contribution in [0.3, 0.4) is 0 Å². The van der Waals surface area contributed by atoms with Crippen molar-refractivity contribution in [2.24, 2.45) is 0 Å². The Kier molecular flexibility index (Phi) is 6.43. The standard InChI is InChI=1S/C22H26N2O6S2/c1-3-29-22(26)19-14-9-5-8-12-18(14)31-21(19)23-20(25)17-13-24(32(27,28)4-2)15-10-6-7-11-16(15)30-17/h6-7,10-11,17H,3-5,8-9,12-13H2,1-2H3,(H,23,25)/t17-/m1/s1. The summed E-state index contributed by atoms with van der Waals surface area (Å²) in [6.45, 7) is 3.40. The average molecular weight is 479 g/mol. The quantitative estimate of drug-likeness (QED) is 0.639. The lowest BCUT2D eigenvalue weighted by Crippen LogP contribution is -2.49. The number of esters is 1. The third-order valence-electron chi connectivity index (χ3n) is 5.62. The van der Waals surface area contributed by atoms with Gasteiger partial charge >= 0.3 is 5.97 Å². The van der Waals surface area contributed by atoms with Crippen LogP contribution in [0.1, 0.15) is 47.5 Å². The molecule has 1 amide bonds. The number of para-hydroxylation sites is 2. The van der Waals surface area contributed by atoms with Gasteiger partial charge in [-0.3, -0.25) is 9.10 Å². The molecule has 8 nitrogen and oxygen atoms in total. The van der Waals surface area contributed by atoms with Crippen LogP contribution in [0.4, 0.5) is 10.7 Å². The number of aryl methyl sites for hydroxylation is 1. The van der Waals surface area contributed by atoms with Gasteiger partial charge in [0.1, 0.15) is 10.8 Å². The van der Waals surface area contributed by atoms with Crippen LogP contribution in [0.15, 0.2) is 24.3 Å². The highest BCUT2D eigenvalue weighted by Gasteiger charge is 2.37. The molecule has 0 fully saturated rings. The number of carbonyl (C=O) groups excluding carboxylic acids is 2. The number of nitrogens with zero attached hydrogens (tertiary/aromatic N) is 1. The lowest BCUT2D eigenvalue weighted by atomic mass is 9.95. The Labute approximate surface area is 191 Å². The molecule has 0 spiro atoms. The van der Waals surface area contributed by atoms with Gasteiger partial charge in [-0.05, 0) is 57.2 Å². The van der Waals surface area contributed by atoms with Crippen molar-refractivity contribution in [1.82, 2.24) is 0 Å². The third-order valence-corrected chi connectivity index (χ3v) is 8.57. The van der Waals surface area contributed by atoms with E-state index in [1.807, 2.05) is 0 Å². The van der Waals surface area contributed by atoms with Crippen LogP contribution in [0.5, 0.6) is 5.75 Å². The molecular weight excluding hydrogens is 452 g/mol. The number of rotatable bonds is 6. The van der Waals surface area contributed by atoms with E-state index < -0.39 is 28.0 Å². The predicted octanol–water partition coefficient (Wildman–Crippen LogP) is 3.36. The minimum atomic E-state index is -3.60. The van der Waals surface area contributed by atoms with E-state index in [-0.39, 0.29) is 18.9 Å². The van der Waals surface area contributed by atoms with Gasteiger partial charge in [-0.1, -0.05) is 12.1 Å². The van der Waals surface area contributed by atoms with E-state index in [4.69, 9.17) is 9.47 Å². The first-order valence-corrected chi connectivity index (χ1v) is 13.2. The van der Waals surface area contributed by atoms with Crippen molar-refractivity contribution >= 4 is 43.9 Å². The molecule has 2 heterocycles. The van der Waals surface area contributed by atoms with E-state index >= 15 is 0 Å². The first-order chi connectivity index (χ1) is 15.4. The van der Waals surface area contributed by atoms with Crippen molar-refractivity contribution in [1.29, 1.82) is 0 Å². The van der Waals surface area contributed by atoms with Gasteiger partial charge in [-0.25, -0.2) is 13.2 Å². The summed E-state index contributed by atoms with van der Waals surface area (Å²) in [6.07, 6.45) is 2.59. The first-order valence-electron chi connectivity index (χ1n) is 10.7. The van der Waals surface area contributed by atoms with E-state index in [1.54, 1.807) is 38.1 Å². The summed E-state index contributed by atoms with van der Waals surface area (Å²) in [7, 11) is -3.60. The molecule has 0 bridgehead atoms. The van der Waals surface area contributed by atoms with Crippen molar-refractivity contribution < 1.29 is 27.5 Å². The molecule has 1 N–H and O–H groups in total. The van der Waals surface area contributed by atoms with Crippen LogP contribution >= 0.6 is 11.3 Å². The fourth-order valence-corrected chi connectivity index (χ4v) is 6.43. The maximum absolute atomic E-state index is 13.2. The van der Waals surface area contributed by atoms with Crippen molar-refractivity contribution in [3.8, 4) is 5.75 Å². The number of hydrogen-bond acceptors (Lipinski definition) is 7. The normalized spacial score (nSPS) is 17.7. The maximum Gasteiger partial charge on any atom is 0.341 e. The molecule has 10 heteroatoms. The van der Waals surface area contributed by atoms with E-state index in [0.29, 0.717) is 22.0 Å². The Bertz CT molecular complexity index is 1140. The van der Waals surface area contributed by atoms with E-state index in [9.17, 15) is 18.0 Å². The third kappa shape index (κ3) is 4.21. The lowest BCUT2D eigenvalue weighted by Gasteiger charge is -2.34. The topological polar surface area (TPSA) is 102 Å². The Morgan fingerprint density at radius 1 is 1.22 bits per heavy atom.